The molecule has 1 heterocycles. The van der Waals surface area contributed by atoms with Crippen LogP contribution in [0.25, 0.3) is 0 Å². The van der Waals surface area contributed by atoms with Crippen molar-refractivity contribution in [3.05, 3.63) is 0 Å². The summed E-state index contributed by atoms with van der Waals surface area (Å²) in [7, 11) is 0. The van der Waals surface area contributed by atoms with E-state index in [0.717, 1.165) is 32.6 Å². The van der Waals surface area contributed by atoms with E-state index in [1.807, 2.05) is 13.8 Å². The van der Waals surface area contributed by atoms with Gasteiger partial charge in [-0.25, -0.2) is 4.79 Å². The zero-order valence-corrected chi connectivity index (χ0v) is 13.2. The molecule has 1 aliphatic rings. The summed E-state index contributed by atoms with van der Waals surface area (Å²) in [6.45, 7) is 10.5. The Morgan fingerprint density at radius 2 is 2.00 bits per heavy atom. The predicted molar refractivity (Wildman–Crippen MR) is 81.8 cm³/mol. The van der Waals surface area contributed by atoms with Gasteiger partial charge in [-0.1, -0.05) is 20.8 Å². The van der Waals surface area contributed by atoms with Crippen molar-refractivity contribution in [1.29, 1.82) is 0 Å². The van der Waals surface area contributed by atoms with Crippen LogP contribution in [-0.4, -0.2) is 54.4 Å². The van der Waals surface area contributed by atoms with Gasteiger partial charge in [0.2, 0.25) is 0 Å². The summed E-state index contributed by atoms with van der Waals surface area (Å²) in [5.41, 5.74) is -0.775. The fraction of sp³-hybridized carbons (Fsp3) is 0.933. The molecule has 0 bridgehead atoms. The predicted octanol–water partition coefficient (Wildman–Crippen LogP) is 1.57. The highest BCUT2D eigenvalue weighted by atomic mass is 16.3. The third-order valence-electron chi connectivity index (χ3n) is 4.36. The van der Waals surface area contributed by atoms with Crippen molar-refractivity contribution in [3.63, 3.8) is 0 Å². The Bertz CT molecular complexity index is 293. The van der Waals surface area contributed by atoms with Crippen molar-refractivity contribution in [1.82, 2.24) is 15.5 Å². The van der Waals surface area contributed by atoms with E-state index in [2.05, 4.69) is 22.5 Å². The summed E-state index contributed by atoms with van der Waals surface area (Å²) in [4.78, 5) is 14.2. The Morgan fingerprint density at radius 1 is 1.30 bits per heavy atom. The Hall–Kier alpha value is -0.810. The Balaban J connectivity index is 2.18. The molecule has 0 saturated carbocycles. The molecule has 1 aliphatic heterocycles. The maximum absolute atomic E-state index is 11.7. The van der Waals surface area contributed by atoms with E-state index in [1.165, 1.54) is 6.42 Å². The van der Waals surface area contributed by atoms with E-state index >= 15 is 0 Å². The number of carbonyl (C=O) groups is 1. The fourth-order valence-corrected chi connectivity index (χ4v) is 2.64. The first kappa shape index (κ1) is 17.2. The van der Waals surface area contributed by atoms with Crippen molar-refractivity contribution in [2.75, 3.05) is 32.7 Å². The van der Waals surface area contributed by atoms with Gasteiger partial charge in [-0.15, -0.1) is 0 Å². The van der Waals surface area contributed by atoms with E-state index in [4.69, 9.17) is 0 Å². The largest absolute Gasteiger partial charge is 0.388 e. The molecule has 0 aromatic heterocycles. The first-order valence-corrected chi connectivity index (χ1v) is 7.99. The minimum atomic E-state index is -0.775. The molecule has 5 nitrogen and oxygen atoms in total. The van der Waals surface area contributed by atoms with Crippen molar-refractivity contribution in [2.24, 2.45) is 5.92 Å². The molecule has 0 radical (unpaired) electrons. The standard InChI is InChI=1S/C15H31N3O2/c1-4-8-18-9-7-13(11-18)10-16-14(19)17-12-15(20,5-2)6-3/h13,20H,4-12H2,1-3H3,(H2,16,17,19). The highest BCUT2D eigenvalue weighted by Gasteiger charge is 2.24. The highest BCUT2D eigenvalue weighted by molar-refractivity contribution is 5.73. The van der Waals surface area contributed by atoms with Crippen molar-refractivity contribution < 1.29 is 9.90 Å². The lowest BCUT2D eigenvalue weighted by molar-refractivity contribution is 0.0349. The molecular weight excluding hydrogens is 254 g/mol. The number of likely N-dealkylation sites (tertiary alicyclic amines) is 1. The van der Waals surface area contributed by atoms with Crippen LogP contribution < -0.4 is 10.6 Å². The van der Waals surface area contributed by atoms with Crippen LogP contribution in [0.2, 0.25) is 0 Å². The highest BCUT2D eigenvalue weighted by Crippen LogP contribution is 2.15. The molecule has 1 rings (SSSR count). The minimum absolute atomic E-state index is 0.167. The van der Waals surface area contributed by atoms with Crippen molar-refractivity contribution >= 4 is 6.03 Å². The molecular formula is C15H31N3O2. The summed E-state index contributed by atoms with van der Waals surface area (Å²) in [6.07, 6.45) is 3.65. The van der Waals surface area contributed by atoms with Gasteiger partial charge in [0.25, 0.3) is 0 Å². The van der Waals surface area contributed by atoms with Crippen LogP contribution in [0, 0.1) is 5.92 Å². The minimum Gasteiger partial charge on any atom is -0.388 e. The molecule has 0 aromatic carbocycles. The normalized spacial score (nSPS) is 20.1. The second-order valence-electron chi connectivity index (χ2n) is 5.95. The van der Waals surface area contributed by atoms with Gasteiger partial charge in [-0.2, -0.15) is 0 Å². The summed E-state index contributed by atoms with van der Waals surface area (Å²) >= 11 is 0. The first-order valence-electron chi connectivity index (χ1n) is 7.99. The first-order chi connectivity index (χ1) is 9.53. The SMILES string of the molecule is CCCN1CCC(CNC(=O)NCC(O)(CC)CC)C1. The number of hydrogen-bond acceptors (Lipinski definition) is 3. The molecule has 1 fully saturated rings. The molecule has 1 atom stereocenters. The van der Waals surface area contributed by atoms with Crippen LogP contribution in [0.1, 0.15) is 46.5 Å². The van der Waals surface area contributed by atoms with E-state index in [9.17, 15) is 9.90 Å². The van der Waals surface area contributed by atoms with Gasteiger partial charge in [0.15, 0.2) is 0 Å². The number of rotatable bonds is 8. The monoisotopic (exact) mass is 285 g/mol. The van der Waals surface area contributed by atoms with Crippen LogP contribution in [0.3, 0.4) is 0 Å². The van der Waals surface area contributed by atoms with Crippen LogP contribution in [-0.2, 0) is 0 Å². The van der Waals surface area contributed by atoms with Gasteiger partial charge in [0.05, 0.1) is 5.60 Å². The number of amides is 2. The number of nitrogens with one attached hydrogen (secondary N) is 2. The maximum Gasteiger partial charge on any atom is 0.314 e. The zero-order chi connectivity index (χ0) is 15.0. The molecule has 0 aliphatic carbocycles. The molecule has 2 amide bonds. The Kier molecular flexibility index (Phi) is 7.30. The van der Waals surface area contributed by atoms with Crippen molar-refractivity contribution in [3.8, 4) is 0 Å². The smallest absolute Gasteiger partial charge is 0.314 e. The second-order valence-corrected chi connectivity index (χ2v) is 5.95. The number of aliphatic hydroxyl groups is 1. The van der Waals surface area contributed by atoms with Gasteiger partial charge >= 0.3 is 6.03 Å². The van der Waals surface area contributed by atoms with Crippen LogP contribution in [0.4, 0.5) is 4.79 Å². The lowest BCUT2D eigenvalue weighted by atomic mass is 9.98. The van der Waals surface area contributed by atoms with Crippen LogP contribution in [0.5, 0.6) is 0 Å². The molecule has 1 saturated heterocycles. The number of carbonyl (C=O) groups excluding carboxylic acids is 1. The Morgan fingerprint density at radius 3 is 2.60 bits per heavy atom. The third kappa shape index (κ3) is 5.67. The molecule has 118 valence electrons. The molecule has 5 heteroatoms. The summed E-state index contributed by atoms with van der Waals surface area (Å²) in [5, 5.41) is 15.8. The van der Waals surface area contributed by atoms with Gasteiger partial charge in [-0.05, 0) is 44.7 Å². The Labute approximate surface area is 123 Å². The third-order valence-corrected chi connectivity index (χ3v) is 4.36. The van der Waals surface area contributed by atoms with Gasteiger partial charge in [-0.3, -0.25) is 0 Å². The molecule has 1 unspecified atom stereocenters. The molecule has 0 aromatic rings. The summed E-state index contributed by atoms with van der Waals surface area (Å²) < 4.78 is 0. The van der Waals surface area contributed by atoms with Gasteiger partial charge < -0.3 is 20.6 Å². The van der Waals surface area contributed by atoms with Crippen molar-refractivity contribution in [2.45, 2.75) is 52.1 Å². The number of urea groups is 1. The fourth-order valence-electron chi connectivity index (χ4n) is 2.64. The topological polar surface area (TPSA) is 64.6 Å². The zero-order valence-electron chi connectivity index (χ0n) is 13.2. The molecule has 0 spiro atoms. The maximum atomic E-state index is 11.7. The quantitative estimate of drug-likeness (QED) is 0.634. The summed E-state index contributed by atoms with van der Waals surface area (Å²) in [5.74, 6) is 0.559. The van der Waals surface area contributed by atoms with Crippen LogP contribution >= 0.6 is 0 Å². The molecule has 20 heavy (non-hydrogen) atoms. The van der Waals surface area contributed by atoms with Gasteiger partial charge in [0.1, 0.15) is 0 Å². The van der Waals surface area contributed by atoms with Gasteiger partial charge in [0, 0.05) is 19.6 Å². The van der Waals surface area contributed by atoms with E-state index in [0.29, 0.717) is 25.3 Å². The lowest BCUT2D eigenvalue weighted by Gasteiger charge is -2.25. The van der Waals surface area contributed by atoms with Crippen LogP contribution in [0.15, 0.2) is 0 Å². The summed E-state index contributed by atoms with van der Waals surface area (Å²) in [6, 6.07) is -0.167. The average Bonchev–Trinajstić information content (AvgIpc) is 2.90. The number of hydrogen-bond donors (Lipinski definition) is 3. The lowest BCUT2D eigenvalue weighted by Crippen LogP contribution is -2.46. The van der Waals surface area contributed by atoms with E-state index in [1.54, 1.807) is 0 Å². The van der Waals surface area contributed by atoms with E-state index in [-0.39, 0.29) is 6.03 Å². The number of nitrogens with zero attached hydrogens (tertiary/aromatic N) is 1. The molecule has 3 N–H and O–H groups in total. The second kappa shape index (κ2) is 8.47. The van der Waals surface area contributed by atoms with E-state index < -0.39 is 5.60 Å². The average molecular weight is 285 g/mol.